The highest BCUT2D eigenvalue weighted by molar-refractivity contribution is 7.45. The van der Waals surface area contributed by atoms with Gasteiger partial charge in [0.05, 0.1) is 33.8 Å². The summed E-state index contributed by atoms with van der Waals surface area (Å²) in [5, 5.41) is 3.04. The molecule has 466 valence electrons. The molecule has 0 fully saturated rings. The Hall–Kier alpha value is -1.77. The summed E-state index contributed by atoms with van der Waals surface area (Å²) < 4.78 is 30.4. The van der Waals surface area contributed by atoms with Crippen LogP contribution in [-0.2, 0) is 27.9 Å². The van der Waals surface area contributed by atoms with Crippen molar-refractivity contribution in [2.24, 2.45) is 0 Å². The molecule has 0 aliphatic heterocycles. The third-order valence-corrected chi connectivity index (χ3v) is 16.5. The number of amides is 1. The Labute approximate surface area is 491 Å². The van der Waals surface area contributed by atoms with Crippen molar-refractivity contribution in [2.45, 2.75) is 354 Å². The number of quaternary nitrogens is 1. The van der Waals surface area contributed by atoms with E-state index in [1.54, 1.807) is 0 Å². The molecular formula is C69H133N2O7P. The number of likely N-dealkylation sites (N-methyl/N-ethyl adjacent to an activating group) is 1. The zero-order chi connectivity index (χ0) is 57.9. The second kappa shape index (κ2) is 59.4. The van der Waals surface area contributed by atoms with Gasteiger partial charge >= 0.3 is 5.97 Å². The first kappa shape index (κ1) is 77.2. The van der Waals surface area contributed by atoms with Crippen LogP contribution in [0.2, 0.25) is 0 Å². The Morgan fingerprint density at radius 2 is 0.772 bits per heavy atom. The van der Waals surface area contributed by atoms with E-state index in [2.05, 4.69) is 50.4 Å². The van der Waals surface area contributed by atoms with Crippen LogP contribution in [0.25, 0.3) is 0 Å². The molecule has 0 aliphatic rings. The summed E-state index contributed by atoms with van der Waals surface area (Å²) in [6, 6.07) is -0.887. The largest absolute Gasteiger partial charge is 0.756 e. The van der Waals surface area contributed by atoms with E-state index in [4.69, 9.17) is 13.8 Å². The van der Waals surface area contributed by atoms with Crippen molar-refractivity contribution in [3.63, 3.8) is 0 Å². The van der Waals surface area contributed by atoms with Crippen LogP contribution in [0, 0.1) is 0 Å². The van der Waals surface area contributed by atoms with Gasteiger partial charge in [-0.3, -0.25) is 14.2 Å². The molecule has 0 aromatic carbocycles. The minimum Gasteiger partial charge on any atom is -0.756 e. The lowest BCUT2D eigenvalue weighted by molar-refractivity contribution is -0.870. The number of hydrogen-bond donors (Lipinski definition) is 1. The zero-order valence-electron chi connectivity index (χ0n) is 53.3. The first-order chi connectivity index (χ1) is 38.4. The van der Waals surface area contributed by atoms with Gasteiger partial charge in [-0.15, -0.1) is 0 Å². The van der Waals surface area contributed by atoms with E-state index in [0.717, 1.165) is 77.0 Å². The Morgan fingerprint density at radius 1 is 0.443 bits per heavy atom. The fourth-order valence-electron chi connectivity index (χ4n) is 10.3. The predicted molar refractivity (Wildman–Crippen MR) is 340 cm³/mol. The van der Waals surface area contributed by atoms with Crippen molar-refractivity contribution in [1.29, 1.82) is 0 Å². The van der Waals surface area contributed by atoms with Crippen LogP contribution in [0.4, 0.5) is 0 Å². The predicted octanol–water partition coefficient (Wildman–Crippen LogP) is 20.8. The highest BCUT2D eigenvalue weighted by Crippen LogP contribution is 2.38. The van der Waals surface area contributed by atoms with Gasteiger partial charge in [-0.25, -0.2) is 0 Å². The maximum absolute atomic E-state index is 13.6. The van der Waals surface area contributed by atoms with Crippen LogP contribution in [0.15, 0.2) is 36.5 Å². The van der Waals surface area contributed by atoms with E-state index in [1.807, 2.05) is 33.3 Å². The van der Waals surface area contributed by atoms with Gasteiger partial charge < -0.3 is 28.5 Å². The molecule has 0 saturated heterocycles. The Kier molecular flexibility index (Phi) is 58.1. The molecule has 0 heterocycles. The molecular weight excluding hydrogens is 1000 g/mol. The molecule has 0 aromatic rings. The van der Waals surface area contributed by atoms with Gasteiger partial charge in [0.2, 0.25) is 5.91 Å². The van der Waals surface area contributed by atoms with Crippen LogP contribution in [0.5, 0.6) is 0 Å². The quantitative estimate of drug-likeness (QED) is 0.0212. The van der Waals surface area contributed by atoms with Crippen molar-refractivity contribution in [3.05, 3.63) is 36.5 Å². The smallest absolute Gasteiger partial charge is 0.306 e. The van der Waals surface area contributed by atoms with Crippen LogP contribution in [-0.4, -0.2) is 69.4 Å². The molecule has 9 nitrogen and oxygen atoms in total. The second-order valence-electron chi connectivity index (χ2n) is 24.7. The number of phosphoric acid groups is 1. The van der Waals surface area contributed by atoms with E-state index in [1.165, 1.54) is 231 Å². The average molecular weight is 1130 g/mol. The molecule has 0 aliphatic carbocycles. The van der Waals surface area contributed by atoms with Crippen LogP contribution in [0.3, 0.4) is 0 Å². The van der Waals surface area contributed by atoms with Crippen LogP contribution in [0.1, 0.15) is 342 Å². The molecule has 0 rings (SSSR count). The molecule has 1 amide bonds. The number of nitrogens with one attached hydrogen (secondary N) is 1. The van der Waals surface area contributed by atoms with E-state index in [9.17, 15) is 19.0 Å². The Bertz CT molecular complexity index is 1450. The van der Waals surface area contributed by atoms with Gasteiger partial charge in [-0.1, -0.05) is 302 Å². The number of unbranched alkanes of at least 4 members (excludes halogenated alkanes) is 43. The minimum atomic E-state index is -4.70. The van der Waals surface area contributed by atoms with Gasteiger partial charge in [-0.2, -0.15) is 0 Å². The van der Waals surface area contributed by atoms with Gasteiger partial charge in [0, 0.05) is 12.8 Å². The van der Waals surface area contributed by atoms with E-state index in [-0.39, 0.29) is 31.5 Å². The topological polar surface area (TPSA) is 114 Å². The molecule has 0 saturated carbocycles. The molecule has 0 aromatic heterocycles. The summed E-state index contributed by atoms with van der Waals surface area (Å²) in [7, 11) is 1.20. The Balaban J connectivity index is 5.05. The lowest BCUT2D eigenvalue weighted by Crippen LogP contribution is -2.47. The van der Waals surface area contributed by atoms with E-state index < -0.39 is 20.0 Å². The number of ether oxygens (including phenoxy) is 1. The molecule has 3 atom stereocenters. The maximum Gasteiger partial charge on any atom is 0.306 e. The number of nitrogens with zero attached hydrogens (tertiary/aromatic N) is 1. The molecule has 79 heavy (non-hydrogen) atoms. The molecule has 1 N–H and O–H groups in total. The summed E-state index contributed by atoms with van der Waals surface area (Å²) in [6.07, 6.45) is 72.6. The fraction of sp³-hybridized carbons (Fsp3) is 0.884. The summed E-state index contributed by atoms with van der Waals surface area (Å²) in [5.41, 5.74) is 0. The highest BCUT2D eigenvalue weighted by atomic mass is 31.2. The van der Waals surface area contributed by atoms with Crippen molar-refractivity contribution in [3.8, 4) is 0 Å². The molecule has 0 spiro atoms. The number of carbonyl (C=O) groups is 2. The third kappa shape index (κ3) is 60.6. The van der Waals surface area contributed by atoms with Gasteiger partial charge in [-0.05, 0) is 63.9 Å². The summed E-state index contributed by atoms with van der Waals surface area (Å²) in [4.78, 5) is 40.1. The number of esters is 1. The number of carbonyl (C=O) groups excluding carboxylic acids is 2. The van der Waals surface area contributed by atoms with Crippen molar-refractivity contribution in [2.75, 3.05) is 40.9 Å². The highest BCUT2D eigenvalue weighted by Gasteiger charge is 2.27. The zero-order valence-corrected chi connectivity index (χ0v) is 54.2. The molecule has 3 unspecified atom stereocenters. The summed E-state index contributed by atoms with van der Waals surface area (Å²) >= 11 is 0. The Morgan fingerprint density at radius 3 is 1.16 bits per heavy atom. The standard InChI is InChI=1S/C69H133N2O7P/c1-7-10-13-16-19-22-25-27-29-31-33-34-35-36-38-40-42-44-47-50-53-56-59-62-69(73)78-67(60-57-54-51-48-45-24-21-18-15-12-9-3)66(65-77-79(74,75)76-64-63-71(4,5)6)70-68(72)61-58-55-52-49-46-43-41-39-37-32-30-28-26-23-20-17-14-11-8-2/h20,23,28,30,57,60,66-67H,7-19,21-22,24-27,29,31-56,58-59,61-65H2,1-6H3,(H-,70,72,74,75)/b23-20-,30-28-,60-57+. The van der Waals surface area contributed by atoms with Crippen molar-refractivity contribution < 1.29 is 37.3 Å². The summed E-state index contributed by atoms with van der Waals surface area (Å²) in [6.45, 7) is 6.86. The normalized spacial score (nSPS) is 13.8. The van der Waals surface area contributed by atoms with E-state index in [0.29, 0.717) is 17.4 Å². The first-order valence-electron chi connectivity index (χ1n) is 34.3. The second-order valence-corrected chi connectivity index (χ2v) is 26.1. The third-order valence-electron chi connectivity index (χ3n) is 15.6. The van der Waals surface area contributed by atoms with Crippen molar-refractivity contribution in [1.82, 2.24) is 5.32 Å². The number of rotatable bonds is 63. The summed E-state index contributed by atoms with van der Waals surface area (Å²) in [5.74, 6) is -0.529. The van der Waals surface area contributed by atoms with Gasteiger partial charge in [0.25, 0.3) is 7.82 Å². The number of allylic oxidation sites excluding steroid dienone is 5. The fourth-order valence-corrected chi connectivity index (χ4v) is 11.0. The molecule has 10 heteroatoms. The number of phosphoric ester groups is 1. The first-order valence-corrected chi connectivity index (χ1v) is 35.8. The minimum absolute atomic E-state index is 0.0207. The average Bonchev–Trinajstić information content (AvgIpc) is 3.41. The van der Waals surface area contributed by atoms with Crippen molar-refractivity contribution >= 4 is 19.7 Å². The maximum atomic E-state index is 13.6. The van der Waals surface area contributed by atoms with Gasteiger partial charge in [0.15, 0.2) is 0 Å². The monoisotopic (exact) mass is 1130 g/mol. The van der Waals surface area contributed by atoms with Crippen LogP contribution >= 0.6 is 7.82 Å². The number of hydrogen-bond acceptors (Lipinski definition) is 7. The van der Waals surface area contributed by atoms with E-state index >= 15 is 0 Å². The SMILES string of the molecule is CCCCC/C=C\C/C=C\CCCCCCCCCCCC(=O)NC(COP(=O)([O-])OCC[N+](C)(C)C)C(/C=C/CCCCCCCCCCC)OC(=O)CCCCCCCCCCCCCCCCCCCCCCCCC. The van der Waals surface area contributed by atoms with Crippen LogP contribution < -0.4 is 10.2 Å². The van der Waals surface area contributed by atoms with Gasteiger partial charge in [0.1, 0.15) is 19.3 Å². The molecule has 0 bridgehead atoms. The lowest BCUT2D eigenvalue weighted by Gasteiger charge is -2.30. The molecule has 0 radical (unpaired) electrons. The lowest BCUT2D eigenvalue weighted by atomic mass is 10.0.